The van der Waals surface area contributed by atoms with Gasteiger partial charge in [0.1, 0.15) is 0 Å². The number of hydrogen-bond acceptors (Lipinski definition) is 1. The Kier molecular flexibility index (Phi) is 4.62. The third-order valence-electron chi connectivity index (χ3n) is 3.75. The van der Waals surface area contributed by atoms with Gasteiger partial charge < -0.3 is 4.90 Å². The summed E-state index contributed by atoms with van der Waals surface area (Å²) in [5.41, 5.74) is 0. The second-order valence-electron chi connectivity index (χ2n) is 4.88. The molecule has 0 bridgehead atoms. The van der Waals surface area contributed by atoms with Crippen molar-refractivity contribution in [1.82, 2.24) is 4.90 Å². The Labute approximate surface area is 94.0 Å². The summed E-state index contributed by atoms with van der Waals surface area (Å²) in [5, 5.41) is 0. The standard InChI is InChI=1S/C13H25NO/c1-5-11(6-2)9-14(7-3)13(15)12-8-10(12)4/h10-12H,5-9H2,1-4H3. The highest BCUT2D eigenvalue weighted by atomic mass is 16.2. The molecule has 1 saturated carbocycles. The summed E-state index contributed by atoms with van der Waals surface area (Å²) in [4.78, 5) is 14.1. The van der Waals surface area contributed by atoms with E-state index in [0.717, 1.165) is 19.5 Å². The summed E-state index contributed by atoms with van der Waals surface area (Å²) in [7, 11) is 0. The maximum Gasteiger partial charge on any atom is 0.225 e. The van der Waals surface area contributed by atoms with Gasteiger partial charge in [-0.25, -0.2) is 0 Å². The molecule has 1 amide bonds. The molecule has 1 aliphatic carbocycles. The molecule has 0 N–H and O–H groups in total. The molecule has 1 rings (SSSR count). The summed E-state index contributed by atoms with van der Waals surface area (Å²) in [6.45, 7) is 10.5. The van der Waals surface area contributed by atoms with E-state index in [-0.39, 0.29) is 0 Å². The lowest BCUT2D eigenvalue weighted by molar-refractivity contribution is -0.133. The third-order valence-corrected chi connectivity index (χ3v) is 3.75. The van der Waals surface area contributed by atoms with Crippen molar-refractivity contribution in [2.75, 3.05) is 13.1 Å². The highest BCUT2D eigenvalue weighted by molar-refractivity contribution is 5.81. The van der Waals surface area contributed by atoms with Crippen molar-refractivity contribution >= 4 is 5.91 Å². The van der Waals surface area contributed by atoms with Crippen molar-refractivity contribution in [2.24, 2.45) is 17.8 Å². The van der Waals surface area contributed by atoms with Crippen molar-refractivity contribution in [3.63, 3.8) is 0 Å². The van der Waals surface area contributed by atoms with Crippen LogP contribution >= 0.6 is 0 Å². The number of carbonyl (C=O) groups is 1. The molecule has 2 atom stereocenters. The van der Waals surface area contributed by atoms with Crippen molar-refractivity contribution in [1.29, 1.82) is 0 Å². The minimum absolute atomic E-state index is 0.347. The van der Waals surface area contributed by atoms with Crippen LogP contribution < -0.4 is 0 Å². The van der Waals surface area contributed by atoms with Crippen molar-refractivity contribution in [3.8, 4) is 0 Å². The second-order valence-corrected chi connectivity index (χ2v) is 4.88. The Balaban J connectivity index is 2.44. The second kappa shape index (κ2) is 5.53. The first kappa shape index (κ1) is 12.5. The molecule has 2 heteroatoms. The summed E-state index contributed by atoms with van der Waals surface area (Å²) in [6.07, 6.45) is 3.47. The van der Waals surface area contributed by atoms with Crippen LogP contribution in [0.4, 0.5) is 0 Å². The van der Waals surface area contributed by atoms with Gasteiger partial charge in [-0.3, -0.25) is 4.79 Å². The first-order valence-corrected chi connectivity index (χ1v) is 6.42. The zero-order valence-corrected chi connectivity index (χ0v) is 10.6. The Bertz CT molecular complexity index is 211. The van der Waals surface area contributed by atoms with E-state index < -0.39 is 0 Å². The SMILES string of the molecule is CCC(CC)CN(CC)C(=O)C1CC1C. The lowest BCUT2D eigenvalue weighted by Gasteiger charge is -2.25. The molecule has 0 radical (unpaired) electrons. The van der Waals surface area contributed by atoms with Crippen LogP contribution in [0.1, 0.15) is 47.0 Å². The highest BCUT2D eigenvalue weighted by Crippen LogP contribution is 2.39. The zero-order chi connectivity index (χ0) is 11.4. The molecular formula is C13H25NO. The molecule has 0 saturated heterocycles. The van der Waals surface area contributed by atoms with E-state index in [2.05, 4.69) is 32.6 Å². The molecule has 0 aliphatic heterocycles. The van der Waals surface area contributed by atoms with E-state index in [4.69, 9.17) is 0 Å². The molecular weight excluding hydrogens is 186 g/mol. The van der Waals surface area contributed by atoms with Crippen molar-refractivity contribution < 1.29 is 4.79 Å². The maximum absolute atomic E-state index is 12.0. The van der Waals surface area contributed by atoms with E-state index >= 15 is 0 Å². The van der Waals surface area contributed by atoms with Gasteiger partial charge in [0.15, 0.2) is 0 Å². The van der Waals surface area contributed by atoms with E-state index in [1.165, 1.54) is 12.8 Å². The van der Waals surface area contributed by atoms with E-state index in [9.17, 15) is 4.79 Å². The highest BCUT2D eigenvalue weighted by Gasteiger charge is 2.41. The fourth-order valence-corrected chi connectivity index (χ4v) is 2.13. The van der Waals surface area contributed by atoms with Gasteiger partial charge >= 0.3 is 0 Å². The molecule has 0 spiro atoms. The molecule has 88 valence electrons. The Morgan fingerprint density at radius 3 is 2.20 bits per heavy atom. The third kappa shape index (κ3) is 3.22. The van der Waals surface area contributed by atoms with Crippen LogP contribution in [0.2, 0.25) is 0 Å². The normalized spacial score (nSPS) is 24.3. The summed E-state index contributed by atoms with van der Waals surface area (Å²) >= 11 is 0. The largest absolute Gasteiger partial charge is 0.342 e. The number of amides is 1. The number of hydrogen-bond donors (Lipinski definition) is 0. The van der Waals surface area contributed by atoms with E-state index in [1.54, 1.807) is 0 Å². The van der Waals surface area contributed by atoms with Crippen molar-refractivity contribution in [2.45, 2.75) is 47.0 Å². The lowest BCUT2D eigenvalue weighted by atomic mass is 10.0. The number of nitrogens with zero attached hydrogens (tertiary/aromatic N) is 1. The quantitative estimate of drug-likeness (QED) is 0.661. The van der Waals surface area contributed by atoms with Crippen LogP contribution in [-0.2, 0) is 4.79 Å². The maximum atomic E-state index is 12.0. The average Bonchev–Trinajstić information content (AvgIpc) is 2.97. The zero-order valence-electron chi connectivity index (χ0n) is 10.6. The van der Waals surface area contributed by atoms with Gasteiger partial charge in [-0.05, 0) is 25.2 Å². The first-order chi connectivity index (χ1) is 7.13. The minimum atomic E-state index is 0.347. The predicted octanol–water partition coefficient (Wildman–Crippen LogP) is 2.93. The predicted molar refractivity (Wildman–Crippen MR) is 63.6 cm³/mol. The van der Waals surface area contributed by atoms with Gasteiger partial charge in [0.05, 0.1) is 0 Å². The van der Waals surface area contributed by atoms with Gasteiger partial charge in [-0.2, -0.15) is 0 Å². The van der Waals surface area contributed by atoms with Gasteiger partial charge in [0, 0.05) is 19.0 Å². The van der Waals surface area contributed by atoms with Crippen LogP contribution in [0.3, 0.4) is 0 Å². The lowest BCUT2D eigenvalue weighted by Crippen LogP contribution is -2.36. The first-order valence-electron chi connectivity index (χ1n) is 6.42. The van der Waals surface area contributed by atoms with E-state index in [0.29, 0.717) is 23.7 Å². The molecule has 15 heavy (non-hydrogen) atoms. The van der Waals surface area contributed by atoms with Gasteiger partial charge in [-0.15, -0.1) is 0 Å². The molecule has 0 aromatic rings. The molecule has 0 aromatic carbocycles. The van der Waals surface area contributed by atoms with E-state index in [1.807, 2.05) is 0 Å². The summed E-state index contributed by atoms with van der Waals surface area (Å²) < 4.78 is 0. The van der Waals surface area contributed by atoms with Crippen LogP contribution in [0, 0.1) is 17.8 Å². The minimum Gasteiger partial charge on any atom is -0.342 e. The topological polar surface area (TPSA) is 20.3 Å². The van der Waals surface area contributed by atoms with Crippen LogP contribution in [0.25, 0.3) is 0 Å². The number of rotatable bonds is 6. The Hall–Kier alpha value is -0.530. The average molecular weight is 211 g/mol. The summed E-state index contributed by atoms with van der Waals surface area (Å²) in [5.74, 6) is 2.06. The number of carbonyl (C=O) groups excluding carboxylic acids is 1. The molecule has 1 aliphatic rings. The van der Waals surface area contributed by atoms with Gasteiger partial charge in [-0.1, -0.05) is 33.6 Å². The molecule has 0 aromatic heterocycles. The fourth-order valence-electron chi connectivity index (χ4n) is 2.13. The van der Waals surface area contributed by atoms with Crippen LogP contribution in [-0.4, -0.2) is 23.9 Å². The van der Waals surface area contributed by atoms with Crippen LogP contribution in [0.15, 0.2) is 0 Å². The van der Waals surface area contributed by atoms with Crippen LogP contribution in [0.5, 0.6) is 0 Å². The molecule has 0 heterocycles. The Morgan fingerprint density at radius 1 is 1.33 bits per heavy atom. The monoisotopic (exact) mass is 211 g/mol. The molecule has 2 unspecified atom stereocenters. The fraction of sp³-hybridized carbons (Fsp3) is 0.923. The smallest absolute Gasteiger partial charge is 0.225 e. The molecule has 1 fully saturated rings. The Morgan fingerprint density at radius 2 is 1.87 bits per heavy atom. The molecule has 2 nitrogen and oxygen atoms in total. The van der Waals surface area contributed by atoms with Gasteiger partial charge in [0.25, 0.3) is 0 Å². The summed E-state index contributed by atoms with van der Waals surface area (Å²) in [6, 6.07) is 0. The van der Waals surface area contributed by atoms with Gasteiger partial charge in [0.2, 0.25) is 5.91 Å². The van der Waals surface area contributed by atoms with Crippen molar-refractivity contribution in [3.05, 3.63) is 0 Å².